The van der Waals surface area contributed by atoms with Gasteiger partial charge >= 0.3 is 0 Å². The topological polar surface area (TPSA) is 55.4 Å². The van der Waals surface area contributed by atoms with E-state index in [1.54, 1.807) is 0 Å². The number of carbonyl (C=O) groups excluding carboxylic acids is 2. The van der Waals surface area contributed by atoms with Gasteiger partial charge in [-0.1, -0.05) is 24.5 Å². The quantitative estimate of drug-likeness (QED) is 0.898. The SMILES string of the molecule is Cc1ccc2c(c1)C(=O)C[C@]1(CC[C@@H]3[C@@H](C(=O)NC4CCCC4)[C@@H]31)O2. The van der Waals surface area contributed by atoms with Gasteiger partial charge in [0.1, 0.15) is 11.4 Å². The van der Waals surface area contributed by atoms with E-state index < -0.39 is 5.60 Å². The molecule has 3 aliphatic carbocycles. The van der Waals surface area contributed by atoms with E-state index in [1.165, 1.54) is 12.8 Å². The number of ketones is 1. The van der Waals surface area contributed by atoms with E-state index >= 15 is 0 Å². The van der Waals surface area contributed by atoms with Crippen molar-refractivity contribution in [1.82, 2.24) is 5.32 Å². The summed E-state index contributed by atoms with van der Waals surface area (Å²) in [5.74, 6) is 1.76. The van der Waals surface area contributed by atoms with E-state index in [0.29, 0.717) is 29.7 Å². The Morgan fingerprint density at radius 2 is 2.04 bits per heavy atom. The molecule has 1 N–H and O–H groups in total. The molecule has 1 aliphatic heterocycles. The van der Waals surface area contributed by atoms with Crippen LogP contribution in [0.15, 0.2) is 18.2 Å². The van der Waals surface area contributed by atoms with Crippen molar-refractivity contribution in [2.75, 3.05) is 0 Å². The lowest BCUT2D eigenvalue weighted by Crippen LogP contribution is -2.45. The van der Waals surface area contributed by atoms with Gasteiger partial charge in [0.05, 0.1) is 12.0 Å². The molecular formula is C21H25NO3. The molecule has 5 rings (SSSR count). The molecule has 1 aromatic carbocycles. The van der Waals surface area contributed by atoms with Crippen LogP contribution in [-0.2, 0) is 4.79 Å². The van der Waals surface area contributed by atoms with Crippen LogP contribution in [0.1, 0.15) is 60.9 Å². The summed E-state index contributed by atoms with van der Waals surface area (Å²) in [4.78, 5) is 25.5. The van der Waals surface area contributed by atoms with Gasteiger partial charge in [0, 0.05) is 17.9 Å². The monoisotopic (exact) mass is 339 g/mol. The lowest BCUT2D eigenvalue weighted by Gasteiger charge is -2.37. The van der Waals surface area contributed by atoms with Crippen molar-refractivity contribution in [2.45, 2.75) is 63.5 Å². The zero-order valence-electron chi connectivity index (χ0n) is 14.7. The number of rotatable bonds is 2. The summed E-state index contributed by atoms with van der Waals surface area (Å²) in [6.45, 7) is 1.99. The van der Waals surface area contributed by atoms with Gasteiger partial charge in [-0.25, -0.2) is 0 Å². The summed E-state index contributed by atoms with van der Waals surface area (Å²) < 4.78 is 6.41. The fourth-order valence-corrected chi connectivity index (χ4v) is 5.65. The fourth-order valence-electron chi connectivity index (χ4n) is 5.65. The second kappa shape index (κ2) is 5.33. The van der Waals surface area contributed by atoms with Crippen molar-refractivity contribution in [2.24, 2.45) is 17.8 Å². The number of hydrogen-bond donors (Lipinski definition) is 1. The van der Waals surface area contributed by atoms with Crippen molar-refractivity contribution in [1.29, 1.82) is 0 Å². The first-order valence-electron chi connectivity index (χ1n) is 9.71. The molecule has 0 bridgehead atoms. The first-order chi connectivity index (χ1) is 12.1. The lowest BCUT2D eigenvalue weighted by atomic mass is 9.84. The average molecular weight is 339 g/mol. The molecule has 1 amide bonds. The van der Waals surface area contributed by atoms with E-state index in [0.717, 1.165) is 31.2 Å². The highest BCUT2D eigenvalue weighted by molar-refractivity contribution is 6.01. The molecule has 4 aliphatic rings. The molecule has 0 radical (unpaired) electrons. The smallest absolute Gasteiger partial charge is 0.224 e. The average Bonchev–Trinajstić information content (AvgIpc) is 2.91. The number of nitrogens with one attached hydrogen (secondary N) is 1. The van der Waals surface area contributed by atoms with Crippen LogP contribution in [0.4, 0.5) is 0 Å². The minimum atomic E-state index is -0.443. The third kappa shape index (κ3) is 2.33. The van der Waals surface area contributed by atoms with E-state index in [1.807, 2.05) is 25.1 Å². The normalized spacial score (nSPS) is 36.0. The van der Waals surface area contributed by atoms with Gasteiger partial charge in [0.2, 0.25) is 5.91 Å². The molecule has 0 unspecified atom stereocenters. The van der Waals surface area contributed by atoms with Crippen LogP contribution in [-0.4, -0.2) is 23.3 Å². The predicted octanol–water partition coefficient (Wildman–Crippen LogP) is 3.41. The van der Waals surface area contributed by atoms with Gasteiger partial charge in [0.15, 0.2) is 5.78 Å². The van der Waals surface area contributed by atoms with Crippen LogP contribution in [0.2, 0.25) is 0 Å². The van der Waals surface area contributed by atoms with Crippen molar-refractivity contribution >= 4 is 11.7 Å². The molecule has 1 heterocycles. The molecule has 1 aromatic rings. The zero-order chi connectivity index (χ0) is 17.2. The maximum atomic E-state index is 12.7. The maximum Gasteiger partial charge on any atom is 0.224 e. The molecular weight excluding hydrogens is 314 g/mol. The first-order valence-corrected chi connectivity index (χ1v) is 9.71. The van der Waals surface area contributed by atoms with Crippen LogP contribution in [0.3, 0.4) is 0 Å². The summed E-state index contributed by atoms with van der Waals surface area (Å²) in [5.41, 5.74) is 1.35. The molecule has 4 heteroatoms. The summed E-state index contributed by atoms with van der Waals surface area (Å²) in [5, 5.41) is 3.25. The van der Waals surface area contributed by atoms with E-state index in [9.17, 15) is 9.59 Å². The number of Topliss-reactive ketones (excluding diaryl/α,β-unsaturated/α-hetero) is 1. The van der Waals surface area contributed by atoms with Crippen LogP contribution in [0.25, 0.3) is 0 Å². The maximum absolute atomic E-state index is 12.7. The Labute approximate surface area is 148 Å². The van der Waals surface area contributed by atoms with Gasteiger partial charge in [-0.15, -0.1) is 0 Å². The molecule has 132 valence electrons. The standard InChI is InChI=1S/C21H25NO3/c1-12-6-7-17-15(10-12)16(23)11-21(25-17)9-8-14-18(19(14)21)20(24)22-13-4-2-3-5-13/h6-7,10,13-14,18-19H,2-5,8-9,11H2,1H3,(H,22,24)/t14-,18-,19-,21+/m1/s1. The summed E-state index contributed by atoms with van der Waals surface area (Å²) in [7, 11) is 0. The molecule has 3 saturated carbocycles. The highest BCUT2D eigenvalue weighted by atomic mass is 16.5. The predicted molar refractivity (Wildman–Crippen MR) is 93.6 cm³/mol. The number of fused-ring (bicyclic) bond motifs is 3. The summed E-state index contributed by atoms with van der Waals surface area (Å²) in [6, 6.07) is 6.21. The summed E-state index contributed by atoms with van der Waals surface area (Å²) in [6.07, 6.45) is 7.00. The first kappa shape index (κ1) is 15.4. The van der Waals surface area contributed by atoms with Crippen molar-refractivity contribution in [3.05, 3.63) is 29.3 Å². The molecule has 3 fully saturated rings. The van der Waals surface area contributed by atoms with Crippen LogP contribution >= 0.6 is 0 Å². The van der Waals surface area contributed by atoms with Crippen molar-refractivity contribution in [3.63, 3.8) is 0 Å². The molecule has 25 heavy (non-hydrogen) atoms. The minimum Gasteiger partial charge on any atom is -0.486 e. The lowest BCUT2D eigenvalue weighted by molar-refractivity contribution is -0.124. The Balaban J connectivity index is 1.36. The second-order valence-corrected chi connectivity index (χ2v) is 8.51. The molecule has 4 nitrogen and oxygen atoms in total. The van der Waals surface area contributed by atoms with E-state index in [2.05, 4.69) is 5.32 Å². The highest BCUT2D eigenvalue weighted by Gasteiger charge is 2.70. The zero-order valence-corrected chi connectivity index (χ0v) is 14.7. The largest absolute Gasteiger partial charge is 0.486 e. The number of amides is 1. The Kier molecular flexibility index (Phi) is 3.28. The van der Waals surface area contributed by atoms with Crippen LogP contribution in [0, 0.1) is 24.7 Å². The third-order valence-electron chi connectivity index (χ3n) is 6.89. The number of benzene rings is 1. The Morgan fingerprint density at radius 3 is 2.84 bits per heavy atom. The molecule has 0 aromatic heterocycles. The van der Waals surface area contributed by atoms with Crippen molar-refractivity contribution in [3.8, 4) is 5.75 Å². The minimum absolute atomic E-state index is 0.0501. The van der Waals surface area contributed by atoms with Crippen LogP contribution < -0.4 is 10.1 Å². The molecule has 4 atom stereocenters. The van der Waals surface area contributed by atoms with Gasteiger partial charge in [-0.05, 0) is 50.7 Å². The Hall–Kier alpha value is -1.84. The van der Waals surface area contributed by atoms with Gasteiger partial charge < -0.3 is 10.1 Å². The van der Waals surface area contributed by atoms with Gasteiger partial charge in [0.25, 0.3) is 0 Å². The second-order valence-electron chi connectivity index (χ2n) is 8.51. The molecule has 0 saturated heterocycles. The van der Waals surface area contributed by atoms with Crippen molar-refractivity contribution < 1.29 is 14.3 Å². The van der Waals surface area contributed by atoms with E-state index in [4.69, 9.17) is 4.74 Å². The van der Waals surface area contributed by atoms with Gasteiger partial charge in [-0.3, -0.25) is 9.59 Å². The molecule has 1 spiro atoms. The Bertz CT molecular complexity index is 752. The number of aryl methyl sites for hydroxylation is 1. The number of carbonyl (C=O) groups is 2. The highest BCUT2D eigenvalue weighted by Crippen LogP contribution is 2.65. The van der Waals surface area contributed by atoms with Crippen LogP contribution in [0.5, 0.6) is 5.75 Å². The van der Waals surface area contributed by atoms with E-state index in [-0.39, 0.29) is 23.5 Å². The number of ether oxygens (including phenoxy) is 1. The fraction of sp³-hybridized carbons (Fsp3) is 0.619. The number of hydrogen-bond acceptors (Lipinski definition) is 3. The summed E-state index contributed by atoms with van der Waals surface area (Å²) >= 11 is 0. The Morgan fingerprint density at radius 1 is 1.24 bits per heavy atom. The third-order valence-corrected chi connectivity index (χ3v) is 6.89. The van der Waals surface area contributed by atoms with Gasteiger partial charge in [-0.2, -0.15) is 0 Å².